The van der Waals surface area contributed by atoms with Crippen molar-refractivity contribution in [1.29, 1.82) is 0 Å². The first-order valence-corrected chi connectivity index (χ1v) is 9.94. The minimum atomic E-state index is -0.160. The Morgan fingerprint density at radius 1 is 1.03 bits per heavy atom. The normalized spacial score (nSPS) is 10.7. The van der Waals surface area contributed by atoms with Crippen LogP contribution in [0.1, 0.15) is 0 Å². The summed E-state index contributed by atoms with van der Waals surface area (Å²) in [4.78, 5) is 16.4. The number of hydrogen-bond acceptors (Lipinski definition) is 8. The molecule has 0 fully saturated rings. The van der Waals surface area contributed by atoms with Crippen molar-refractivity contribution in [2.45, 2.75) is 5.03 Å². The monoisotopic (exact) mass is 422 g/mol. The lowest BCUT2D eigenvalue weighted by Gasteiger charge is -2.10. The van der Waals surface area contributed by atoms with E-state index in [2.05, 4.69) is 25.6 Å². The number of methoxy groups -OCH3 is 2. The maximum Gasteiger partial charge on any atom is 0.234 e. The van der Waals surface area contributed by atoms with Crippen molar-refractivity contribution < 1.29 is 14.3 Å². The van der Waals surface area contributed by atoms with E-state index in [0.29, 0.717) is 33.7 Å². The summed E-state index contributed by atoms with van der Waals surface area (Å²) < 4.78 is 12.1. The molecule has 3 heterocycles. The molecular weight excluding hydrogens is 404 g/mol. The quantitative estimate of drug-likeness (QED) is 0.454. The maximum absolute atomic E-state index is 12.4. The minimum absolute atomic E-state index is 0.160. The molecule has 0 aliphatic carbocycles. The second-order valence-electron chi connectivity index (χ2n) is 6.11. The van der Waals surface area contributed by atoms with Crippen LogP contribution in [0.15, 0.2) is 59.9 Å². The van der Waals surface area contributed by atoms with Crippen molar-refractivity contribution in [1.82, 2.24) is 24.8 Å². The average Bonchev–Trinajstić information content (AvgIpc) is 3.21. The first-order chi connectivity index (χ1) is 14.7. The van der Waals surface area contributed by atoms with Gasteiger partial charge in [0.05, 0.1) is 20.0 Å². The van der Waals surface area contributed by atoms with E-state index in [-0.39, 0.29) is 11.7 Å². The molecule has 3 aromatic heterocycles. The van der Waals surface area contributed by atoms with Crippen LogP contribution in [0.3, 0.4) is 0 Å². The standard InChI is InChI=1S/C20H18N6O3S/c1-28-15-4-3-14(11-16(15)29-2)22-18(27)12-30-19-6-5-17-23-24-20(26(17)25-19)13-7-9-21-10-8-13/h3-11H,12H2,1-2H3,(H,22,27). The molecule has 1 aromatic carbocycles. The summed E-state index contributed by atoms with van der Waals surface area (Å²) in [7, 11) is 3.11. The number of ether oxygens (including phenoxy) is 2. The number of aromatic nitrogens is 5. The van der Waals surface area contributed by atoms with Gasteiger partial charge in [0.15, 0.2) is 23.0 Å². The van der Waals surface area contributed by atoms with Crippen LogP contribution in [-0.2, 0) is 4.79 Å². The summed E-state index contributed by atoms with van der Waals surface area (Å²) in [6, 6.07) is 12.5. The van der Waals surface area contributed by atoms with E-state index in [9.17, 15) is 4.79 Å². The number of thioether (sulfide) groups is 1. The predicted octanol–water partition coefficient (Wildman–Crippen LogP) is 2.93. The summed E-state index contributed by atoms with van der Waals surface area (Å²) in [5.41, 5.74) is 2.11. The molecule has 30 heavy (non-hydrogen) atoms. The number of anilines is 1. The van der Waals surface area contributed by atoms with Gasteiger partial charge < -0.3 is 14.8 Å². The largest absolute Gasteiger partial charge is 0.493 e. The number of carbonyl (C=O) groups is 1. The van der Waals surface area contributed by atoms with Crippen LogP contribution in [0.2, 0.25) is 0 Å². The zero-order valence-electron chi connectivity index (χ0n) is 16.3. The maximum atomic E-state index is 12.4. The summed E-state index contributed by atoms with van der Waals surface area (Å²) >= 11 is 1.32. The molecule has 0 unspecified atom stereocenters. The predicted molar refractivity (Wildman–Crippen MR) is 113 cm³/mol. The lowest BCUT2D eigenvalue weighted by atomic mass is 10.2. The lowest BCUT2D eigenvalue weighted by Crippen LogP contribution is -2.14. The Kier molecular flexibility index (Phi) is 5.75. The van der Waals surface area contributed by atoms with Crippen LogP contribution >= 0.6 is 11.8 Å². The molecule has 0 aliphatic heterocycles. The van der Waals surface area contributed by atoms with Gasteiger partial charge in [-0.3, -0.25) is 9.78 Å². The van der Waals surface area contributed by atoms with Gasteiger partial charge in [0, 0.05) is 29.7 Å². The van der Waals surface area contributed by atoms with E-state index in [1.54, 1.807) is 49.3 Å². The van der Waals surface area contributed by atoms with Gasteiger partial charge in [0.1, 0.15) is 5.03 Å². The van der Waals surface area contributed by atoms with Crippen molar-refractivity contribution in [3.63, 3.8) is 0 Å². The van der Waals surface area contributed by atoms with Gasteiger partial charge in [-0.25, -0.2) is 0 Å². The van der Waals surface area contributed by atoms with Crippen LogP contribution in [0, 0.1) is 0 Å². The molecule has 0 radical (unpaired) electrons. The number of fused-ring (bicyclic) bond motifs is 1. The highest BCUT2D eigenvalue weighted by Crippen LogP contribution is 2.30. The number of rotatable bonds is 7. The molecule has 4 aromatic rings. The molecular formula is C20H18N6O3S. The topological polar surface area (TPSA) is 104 Å². The highest BCUT2D eigenvalue weighted by molar-refractivity contribution is 7.99. The molecule has 0 aliphatic rings. The fourth-order valence-electron chi connectivity index (χ4n) is 2.78. The third-order valence-electron chi connectivity index (χ3n) is 4.20. The fourth-order valence-corrected chi connectivity index (χ4v) is 3.44. The van der Waals surface area contributed by atoms with Crippen LogP contribution in [0.4, 0.5) is 5.69 Å². The summed E-state index contributed by atoms with van der Waals surface area (Å²) in [5, 5.41) is 16.4. The molecule has 0 saturated carbocycles. The van der Waals surface area contributed by atoms with E-state index in [1.807, 2.05) is 24.3 Å². The Morgan fingerprint density at radius 3 is 2.60 bits per heavy atom. The second-order valence-corrected chi connectivity index (χ2v) is 7.10. The molecule has 0 atom stereocenters. The number of nitrogens with one attached hydrogen (secondary N) is 1. The Labute approximate surface area is 176 Å². The first kappa shape index (κ1) is 19.6. The summed E-state index contributed by atoms with van der Waals surface area (Å²) in [6.07, 6.45) is 3.38. The molecule has 9 nitrogen and oxygen atoms in total. The number of pyridine rings is 1. The van der Waals surface area contributed by atoms with Gasteiger partial charge in [-0.1, -0.05) is 11.8 Å². The van der Waals surface area contributed by atoms with E-state index in [1.165, 1.54) is 11.8 Å². The van der Waals surface area contributed by atoms with Gasteiger partial charge in [0.2, 0.25) is 5.91 Å². The molecule has 1 amide bonds. The zero-order valence-corrected chi connectivity index (χ0v) is 17.1. The van der Waals surface area contributed by atoms with Crippen LogP contribution in [-0.4, -0.2) is 50.7 Å². The summed E-state index contributed by atoms with van der Waals surface area (Å²) in [6.45, 7) is 0. The Morgan fingerprint density at radius 2 is 1.83 bits per heavy atom. The number of hydrogen-bond donors (Lipinski definition) is 1. The number of benzene rings is 1. The van der Waals surface area contributed by atoms with Gasteiger partial charge in [-0.2, -0.15) is 9.61 Å². The van der Waals surface area contributed by atoms with Crippen molar-refractivity contribution in [2.75, 3.05) is 25.3 Å². The fraction of sp³-hybridized carbons (Fsp3) is 0.150. The molecule has 4 rings (SSSR count). The second kappa shape index (κ2) is 8.78. The third-order valence-corrected chi connectivity index (χ3v) is 5.12. The van der Waals surface area contributed by atoms with Gasteiger partial charge in [-0.05, 0) is 36.4 Å². The zero-order chi connectivity index (χ0) is 20.9. The number of nitrogens with zero attached hydrogens (tertiary/aromatic N) is 5. The highest BCUT2D eigenvalue weighted by atomic mass is 32.2. The van der Waals surface area contributed by atoms with Crippen molar-refractivity contribution in [3.05, 3.63) is 54.9 Å². The average molecular weight is 422 g/mol. The Bertz CT molecular complexity index is 1180. The van der Waals surface area contributed by atoms with E-state index in [0.717, 1.165) is 5.56 Å². The molecule has 0 saturated heterocycles. The lowest BCUT2D eigenvalue weighted by molar-refractivity contribution is -0.113. The Balaban J connectivity index is 1.45. The number of amides is 1. The third kappa shape index (κ3) is 4.18. The molecule has 152 valence electrons. The highest BCUT2D eigenvalue weighted by Gasteiger charge is 2.12. The van der Waals surface area contributed by atoms with Gasteiger partial charge in [0.25, 0.3) is 0 Å². The molecule has 1 N–H and O–H groups in total. The van der Waals surface area contributed by atoms with Crippen molar-refractivity contribution >= 4 is 29.0 Å². The van der Waals surface area contributed by atoms with E-state index in [4.69, 9.17) is 9.47 Å². The SMILES string of the molecule is COc1ccc(NC(=O)CSc2ccc3nnc(-c4ccncc4)n3n2)cc1OC. The van der Waals surface area contributed by atoms with Crippen molar-refractivity contribution in [3.8, 4) is 22.9 Å². The van der Waals surface area contributed by atoms with Crippen LogP contribution in [0.25, 0.3) is 17.0 Å². The van der Waals surface area contributed by atoms with E-state index >= 15 is 0 Å². The van der Waals surface area contributed by atoms with Crippen LogP contribution in [0.5, 0.6) is 11.5 Å². The van der Waals surface area contributed by atoms with Gasteiger partial charge in [-0.15, -0.1) is 10.2 Å². The minimum Gasteiger partial charge on any atom is -0.493 e. The Hall–Kier alpha value is -3.66. The molecule has 10 heteroatoms. The smallest absolute Gasteiger partial charge is 0.234 e. The van der Waals surface area contributed by atoms with E-state index < -0.39 is 0 Å². The van der Waals surface area contributed by atoms with Gasteiger partial charge >= 0.3 is 0 Å². The first-order valence-electron chi connectivity index (χ1n) is 8.95. The van der Waals surface area contributed by atoms with Crippen molar-refractivity contribution in [2.24, 2.45) is 0 Å². The number of carbonyl (C=O) groups excluding carboxylic acids is 1. The molecule has 0 spiro atoms. The van der Waals surface area contributed by atoms with Crippen LogP contribution < -0.4 is 14.8 Å². The molecule has 0 bridgehead atoms. The summed E-state index contributed by atoms with van der Waals surface area (Å²) in [5.74, 6) is 1.80.